The van der Waals surface area contributed by atoms with E-state index in [1.54, 1.807) is 21.7 Å². The van der Waals surface area contributed by atoms with E-state index in [0.717, 1.165) is 17.3 Å². The van der Waals surface area contributed by atoms with Crippen molar-refractivity contribution in [3.8, 4) is 0 Å². The number of amides is 2. The summed E-state index contributed by atoms with van der Waals surface area (Å²) in [5, 5.41) is 7.09. The molecule has 0 saturated carbocycles. The molecule has 150 valence electrons. The van der Waals surface area contributed by atoms with E-state index in [9.17, 15) is 14.0 Å². The predicted octanol–water partition coefficient (Wildman–Crippen LogP) is 3.88. The monoisotopic (exact) mass is 416 g/mol. The fourth-order valence-corrected chi connectivity index (χ4v) is 3.47. The Kier molecular flexibility index (Phi) is 5.10. The van der Waals surface area contributed by atoms with Crippen LogP contribution < -0.4 is 5.32 Å². The van der Waals surface area contributed by atoms with Crippen molar-refractivity contribution in [2.75, 3.05) is 11.9 Å². The average molecular weight is 417 g/mol. The lowest BCUT2D eigenvalue weighted by Gasteiger charge is -2.18. The fraction of sp³-hybridized carbons (Fsp3) is 0.250. The number of halogens is 2. The zero-order chi connectivity index (χ0) is 20.5. The van der Waals surface area contributed by atoms with Crippen LogP contribution >= 0.6 is 11.6 Å². The van der Waals surface area contributed by atoms with Gasteiger partial charge in [0.05, 0.1) is 29.2 Å². The molecule has 2 amide bonds. The highest BCUT2D eigenvalue weighted by Gasteiger charge is 2.25. The minimum Gasteiger partial charge on any atom is -0.459 e. The third-order valence-corrected chi connectivity index (χ3v) is 5.08. The number of hydrogen-bond acceptors (Lipinski definition) is 4. The number of furan rings is 1. The van der Waals surface area contributed by atoms with E-state index in [2.05, 4.69) is 10.4 Å². The van der Waals surface area contributed by atoms with E-state index < -0.39 is 11.7 Å². The zero-order valence-electron chi connectivity index (χ0n) is 15.6. The van der Waals surface area contributed by atoms with Crippen molar-refractivity contribution >= 4 is 29.1 Å². The van der Waals surface area contributed by atoms with Gasteiger partial charge < -0.3 is 14.6 Å². The lowest BCUT2D eigenvalue weighted by atomic mass is 10.2. The van der Waals surface area contributed by atoms with Gasteiger partial charge in [0, 0.05) is 18.7 Å². The third kappa shape index (κ3) is 3.88. The van der Waals surface area contributed by atoms with Gasteiger partial charge in [0.25, 0.3) is 11.8 Å². The Labute approximate surface area is 171 Å². The van der Waals surface area contributed by atoms with Crippen LogP contribution in [0, 0.1) is 12.7 Å². The highest BCUT2D eigenvalue weighted by molar-refractivity contribution is 6.33. The summed E-state index contributed by atoms with van der Waals surface area (Å²) in [6.07, 6.45) is 2.19. The van der Waals surface area contributed by atoms with Crippen molar-refractivity contribution in [3.63, 3.8) is 0 Å². The summed E-state index contributed by atoms with van der Waals surface area (Å²) in [6.45, 7) is 3.29. The molecule has 2 aromatic heterocycles. The molecule has 3 heterocycles. The van der Waals surface area contributed by atoms with Crippen LogP contribution in [0.3, 0.4) is 0 Å². The summed E-state index contributed by atoms with van der Waals surface area (Å²) in [5.41, 5.74) is 2.02. The summed E-state index contributed by atoms with van der Waals surface area (Å²) in [4.78, 5) is 27.0. The van der Waals surface area contributed by atoms with E-state index in [-0.39, 0.29) is 16.6 Å². The highest BCUT2D eigenvalue weighted by atomic mass is 35.5. The van der Waals surface area contributed by atoms with Crippen LogP contribution in [0.2, 0.25) is 5.02 Å². The molecule has 0 atom stereocenters. The first-order valence-electron chi connectivity index (χ1n) is 9.09. The molecule has 0 fully saturated rings. The second-order valence-corrected chi connectivity index (χ2v) is 7.24. The highest BCUT2D eigenvalue weighted by Crippen LogP contribution is 2.24. The number of fused-ring (bicyclic) bond motifs is 1. The normalized spacial score (nSPS) is 13.7. The van der Waals surface area contributed by atoms with E-state index >= 15 is 0 Å². The Balaban J connectivity index is 1.53. The van der Waals surface area contributed by atoms with Crippen LogP contribution in [0.1, 0.15) is 38.7 Å². The number of nitrogens with zero attached hydrogens (tertiary/aromatic N) is 3. The van der Waals surface area contributed by atoms with Gasteiger partial charge in [-0.15, -0.1) is 0 Å². The molecular weight excluding hydrogens is 399 g/mol. The number of aryl methyl sites for hydroxylation is 2. The van der Waals surface area contributed by atoms with Crippen molar-refractivity contribution in [2.45, 2.75) is 26.4 Å². The molecule has 0 bridgehead atoms. The van der Waals surface area contributed by atoms with Gasteiger partial charge in [-0.1, -0.05) is 11.6 Å². The molecule has 0 radical (unpaired) electrons. The Morgan fingerprint density at radius 3 is 2.79 bits per heavy atom. The molecule has 1 aliphatic rings. The minimum absolute atomic E-state index is 0.102. The molecule has 9 heteroatoms. The van der Waals surface area contributed by atoms with Gasteiger partial charge in [-0.05, 0) is 43.7 Å². The van der Waals surface area contributed by atoms with Gasteiger partial charge in [0.2, 0.25) is 0 Å². The number of rotatable bonds is 3. The van der Waals surface area contributed by atoms with E-state index in [1.807, 2.05) is 6.92 Å². The zero-order valence-corrected chi connectivity index (χ0v) is 16.4. The number of carbonyl (C=O) groups is 2. The molecule has 0 unspecified atom stereocenters. The predicted molar refractivity (Wildman–Crippen MR) is 104 cm³/mol. The second kappa shape index (κ2) is 7.71. The quantitative estimate of drug-likeness (QED) is 0.702. The summed E-state index contributed by atoms with van der Waals surface area (Å²) in [5.74, 6) is -0.815. The van der Waals surface area contributed by atoms with Gasteiger partial charge in [-0.3, -0.25) is 14.3 Å². The molecule has 0 spiro atoms. The molecule has 1 aromatic carbocycles. The number of benzene rings is 1. The summed E-state index contributed by atoms with van der Waals surface area (Å²) < 4.78 is 20.2. The number of nitrogens with one attached hydrogen (secondary N) is 1. The first kappa shape index (κ1) is 19.2. The molecule has 0 aliphatic carbocycles. The minimum atomic E-state index is -0.488. The van der Waals surface area contributed by atoms with Gasteiger partial charge >= 0.3 is 0 Å². The standard InChI is InChI=1S/C20H18ClFN4O3/c1-12-5-8-29-18(12)20(28)25-6-2-7-26-14(11-25)10-17(24-26)19(27)23-16-4-3-13(22)9-15(16)21/h3-5,8-10H,2,6-7,11H2,1H3,(H,23,27). The van der Waals surface area contributed by atoms with Crippen molar-refractivity contribution in [2.24, 2.45) is 0 Å². The van der Waals surface area contributed by atoms with Crippen LogP contribution in [0.5, 0.6) is 0 Å². The van der Waals surface area contributed by atoms with Gasteiger partial charge in [0.15, 0.2) is 11.5 Å². The number of carbonyl (C=O) groups excluding carboxylic acids is 2. The molecular formula is C20H18ClFN4O3. The molecule has 0 saturated heterocycles. The van der Waals surface area contributed by atoms with Crippen LogP contribution in [0.15, 0.2) is 41.0 Å². The maximum absolute atomic E-state index is 13.2. The average Bonchev–Trinajstić information content (AvgIpc) is 3.24. The van der Waals surface area contributed by atoms with Crippen molar-refractivity contribution in [1.82, 2.24) is 14.7 Å². The third-order valence-electron chi connectivity index (χ3n) is 4.77. The molecule has 29 heavy (non-hydrogen) atoms. The summed E-state index contributed by atoms with van der Waals surface area (Å²) >= 11 is 5.97. The number of hydrogen-bond donors (Lipinski definition) is 1. The number of anilines is 1. The Hall–Kier alpha value is -3.13. The smallest absolute Gasteiger partial charge is 0.290 e. The van der Waals surface area contributed by atoms with Crippen molar-refractivity contribution in [3.05, 3.63) is 70.1 Å². The Bertz CT molecular complexity index is 1090. The van der Waals surface area contributed by atoms with Crippen molar-refractivity contribution < 1.29 is 18.4 Å². The molecule has 1 N–H and O–H groups in total. The van der Waals surface area contributed by atoms with Crippen LogP contribution in [0.4, 0.5) is 10.1 Å². The first-order valence-corrected chi connectivity index (χ1v) is 9.46. The van der Waals surface area contributed by atoms with Crippen molar-refractivity contribution in [1.29, 1.82) is 0 Å². The SMILES string of the molecule is Cc1ccoc1C(=O)N1CCCn2nc(C(=O)Nc3ccc(F)cc3Cl)cc2C1. The van der Waals surface area contributed by atoms with Gasteiger partial charge in [-0.25, -0.2) is 4.39 Å². The fourth-order valence-electron chi connectivity index (χ4n) is 3.26. The van der Waals surface area contributed by atoms with Crippen LogP contribution in [-0.4, -0.2) is 33.0 Å². The van der Waals surface area contributed by atoms with E-state index in [0.29, 0.717) is 37.5 Å². The maximum atomic E-state index is 13.2. The van der Waals surface area contributed by atoms with Crippen LogP contribution in [-0.2, 0) is 13.1 Å². The molecule has 1 aliphatic heterocycles. The van der Waals surface area contributed by atoms with E-state index in [4.69, 9.17) is 16.0 Å². The lowest BCUT2D eigenvalue weighted by molar-refractivity contribution is 0.0712. The first-order chi connectivity index (χ1) is 13.9. The summed E-state index contributed by atoms with van der Waals surface area (Å²) in [7, 11) is 0. The second-order valence-electron chi connectivity index (χ2n) is 6.84. The number of aromatic nitrogens is 2. The van der Waals surface area contributed by atoms with Gasteiger partial charge in [0.1, 0.15) is 5.82 Å². The molecule has 3 aromatic rings. The summed E-state index contributed by atoms with van der Waals surface area (Å²) in [6, 6.07) is 7.12. The van der Waals surface area contributed by atoms with Crippen LogP contribution in [0.25, 0.3) is 0 Å². The van der Waals surface area contributed by atoms with Gasteiger partial charge in [-0.2, -0.15) is 5.10 Å². The lowest BCUT2D eigenvalue weighted by Crippen LogP contribution is -2.30. The van der Waals surface area contributed by atoms with E-state index in [1.165, 1.54) is 18.4 Å². The molecule has 7 nitrogen and oxygen atoms in total. The Morgan fingerprint density at radius 1 is 1.24 bits per heavy atom. The maximum Gasteiger partial charge on any atom is 0.290 e. The largest absolute Gasteiger partial charge is 0.459 e. The molecule has 4 rings (SSSR count). The topological polar surface area (TPSA) is 80.4 Å². The Morgan fingerprint density at radius 2 is 2.07 bits per heavy atom.